The molecule has 0 aromatic heterocycles. The second-order valence-electron chi connectivity index (χ2n) is 3.77. The quantitative estimate of drug-likeness (QED) is 0.832. The number of benzene rings is 1. The predicted octanol–water partition coefficient (Wildman–Crippen LogP) is 0.618. The van der Waals surface area contributed by atoms with E-state index in [2.05, 4.69) is 0 Å². The van der Waals surface area contributed by atoms with Crippen LogP contribution >= 0.6 is 0 Å². The first kappa shape index (κ1) is 14.2. The number of carboxylic acid groups (broad SMARTS) is 1. The summed E-state index contributed by atoms with van der Waals surface area (Å²) < 4.78 is 25.9. The number of nitriles is 1. The molecule has 0 saturated carbocycles. The van der Waals surface area contributed by atoms with E-state index in [9.17, 15) is 13.2 Å². The third-order valence-electron chi connectivity index (χ3n) is 2.30. The molecular weight excluding hydrogens is 256 g/mol. The van der Waals surface area contributed by atoms with E-state index in [1.807, 2.05) is 10.8 Å². The molecule has 1 unspecified atom stereocenters. The first-order chi connectivity index (χ1) is 8.27. The predicted molar refractivity (Wildman–Crippen MR) is 63.3 cm³/mol. The highest BCUT2D eigenvalue weighted by Crippen LogP contribution is 2.16. The second-order valence-corrected chi connectivity index (χ2v) is 5.46. The highest BCUT2D eigenvalue weighted by Gasteiger charge is 2.22. The van der Waals surface area contributed by atoms with Crippen molar-refractivity contribution >= 4 is 16.0 Å². The third-order valence-corrected chi connectivity index (χ3v) is 4.00. The van der Waals surface area contributed by atoms with Gasteiger partial charge in [0.05, 0.1) is 16.5 Å². The smallest absolute Gasteiger partial charge is 0.321 e. The minimum atomic E-state index is -3.90. The number of nitrogens with one attached hydrogen (secondary N) is 1. The molecule has 0 bridgehead atoms. The summed E-state index contributed by atoms with van der Waals surface area (Å²) in [6, 6.07) is 4.76. The van der Waals surface area contributed by atoms with Crippen molar-refractivity contribution in [3.8, 4) is 6.07 Å². The molecule has 0 radical (unpaired) electrons. The molecule has 1 atom stereocenters. The van der Waals surface area contributed by atoms with Gasteiger partial charge < -0.3 is 5.11 Å². The van der Waals surface area contributed by atoms with E-state index in [0.717, 1.165) is 0 Å². The topological polar surface area (TPSA) is 107 Å². The van der Waals surface area contributed by atoms with Crippen LogP contribution in [-0.2, 0) is 14.8 Å². The van der Waals surface area contributed by atoms with Crippen LogP contribution in [0.5, 0.6) is 0 Å². The van der Waals surface area contributed by atoms with Gasteiger partial charge in [0.25, 0.3) is 0 Å². The highest BCUT2D eigenvalue weighted by atomic mass is 32.2. The molecule has 0 amide bonds. The summed E-state index contributed by atoms with van der Waals surface area (Å²) in [4.78, 5) is 10.6. The Morgan fingerprint density at radius 3 is 2.56 bits per heavy atom. The summed E-state index contributed by atoms with van der Waals surface area (Å²) in [5.41, 5.74) is 0.733. The molecule has 2 N–H and O–H groups in total. The molecule has 0 spiro atoms. The number of aryl methyl sites for hydroxylation is 1. The third kappa shape index (κ3) is 3.06. The lowest BCUT2D eigenvalue weighted by atomic mass is 10.2. The van der Waals surface area contributed by atoms with Gasteiger partial charge in [0, 0.05) is 0 Å². The van der Waals surface area contributed by atoms with Crippen LogP contribution < -0.4 is 4.72 Å². The molecule has 6 nitrogen and oxygen atoms in total. The van der Waals surface area contributed by atoms with Crippen molar-refractivity contribution in [3.05, 3.63) is 29.3 Å². The summed E-state index contributed by atoms with van der Waals surface area (Å²) in [6.45, 7) is 2.78. The fourth-order valence-electron chi connectivity index (χ4n) is 1.37. The molecular formula is C11H12N2O4S. The number of carboxylic acids is 1. The Kier molecular flexibility index (Phi) is 4.06. The van der Waals surface area contributed by atoms with Crippen molar-refractivity contribution in [3.63, 3.8) is 0 Å². The zero-order chi connectivity index (χ0) is 13.9. The Bertz CT molecular complexity index is 616. The monoisotopic (exact) mass is 268 g/mol. The molecule has 0 saturated heterocycles. The van der Waals surface area contributed by atoms with Gasteiger partial charge in [0.15, 0.2) is 0 Å². The standard InChI is InChI=1S/C11H12N2O4S/c1-7-5-9(6-12)3-4-10(7)18(16,17)13-8(2)11(14)15/h3-5,8,13H,1-2H3,(H,14,15). The highest BCUT2D eigenvalue weighted by molar-refractivity contribution is 7.89. The number of carbonyl (C=O) groups is 1. The van der Waals surface area contributed by atoms with Crippen LogP contribution in [0, 0.1) is 18.3 Å². The maximum Gasteiger partial charge on any atom is 0.321 e. The van der Waals surface area contributed by atoms with Gasteiger partial charge in [-0.3, -0.25) is 4.79 Å². The number of nitrogens with zero attached hydrogens (tertiary/aromatic N) is 1. The minimum absolute atomic E-state index is 0.0328. The lowest BCUT2D eigenvalue weighted by Gasteiger charge is -2.12. The van der Waals surface area contributed by atoms with Crippen LogP contribution in [0.25, 0.3) is 0 Å². The van der Waals surface area contributed by atoms with Crippen LogP contribution in [0.2, 0.25) is 0 Å². The number of hydrogen-bond donors (Lipinski definition) is 2. The van der Waals surface area contributed by atoms with Gasteiger partial charge in [0.1, 0.15) is 6.04 Å². The maximum atomic E-state index is 11.9. The van der Waals surface area contributed by atoms with Crippen molar-refractivity contribution in [1.82, 2.24) is 4.72 Å². The van der Waals surface area contributed by atoms with E-state index in [4.69, 9.17) is 10.4 Å². The van der Waals surface area contributed by atoms with Crippen LogP contribution in [0.3, 0.4) is 0 Å². The van der Waals surface area contributed by atoms with Crippen molar-refractivity contribution < 1.29 is 18.3 Å². The SMILES string of the molecule is Cc1cc(C#N)ccc1S(=O)(=O)NC(C)C(=O)O. The van der Waals surface area contributed by atoms with Gasteiger partial charge in [0.2, 0.25) is 10.0 Å². The van der Waals surface area contributed by atoms with E-state index in [1.54, 1.807) is 6.92 Å². The van der Waals surface area contributed by atoms with E-state index >= 15 is 0 Å². The van der Waals surface area contributed by atoms with Gasteiger partial charge in [-0.15, -0.1) is 0 Å². The lowest BCUT2D eigenvalue weighted by Crippen LogP contribution is -2.38. The number of rotatable bonds is 4. The largest absolute Gasteiger partial charge is 0.480 e. The molecule has 96 valence electrons. The van der Waals surface area contributed by atoms with Gasteiger partial charge in [-0.2, -0.15) is 9.98 Å². The Morgan fingerprint density at radius 1 is 1.50 bits per heavy atom. The summed E-state index contributed by atoms with van der Waals surface area (Å²) >= 11 is 0. The molecule has 1 aromatic carbocycles. The van der Waals surface area contributed by atoms with Gasteiger partial charge >= 0.3 is 5.97 Å². The molecule has 0 heterocycles. The first-order valence-corrected chi connectivity index (χ1v) is 6.52. The zero-order valence-corrected chi connectivity index (χ0v) is 10.7. The molecule has 1 rings (SSSR count). The Balaban J connectivity index is 3.14. The van der Waals surface area contributed by atoms with Crippen LogP contribution in [0.1, 0.15) is 18.1 Å². The van der Waals surface area contributed by atoms with Crippen LogP contribution in [0.15, 0.2) is 23.1 Å². The molecule has 0 aliphatic heterocycles. The molecule has 0 aliphatic rings. The van der Waals surface area contributed by atoms with Crippen molar-refractivity contribution in [2.75, 3.05) is 0 Å². The molecule has 0 fully saturated rings. The van der Waals surface area contributed by atoms with Crippen LogP contribution in [0.4, 0.5) is 0 Å². The summed E-state index contributed by atoms with van der Waals surface area (Å²) in [5, 5.41) is 17.4. The van der Waals surface area contributed by atoms with Gasteiger partial charge in [-0.25, -0.2) is 8.42 Å². The summed E-state index contributed by atoms with van der Waals surface area (Å²) in [6.07, 6.45) is 0. The van der Waals surface area contributed by atoms with E-state index in [-0.39, 0.29) is 4.90 Å². The van der Waals surface area contributed by atoms with Crippen molar-refractivity contribution in [2.24, 2.45) is 0 Å². The lowest BCUT2D eigenvalue weighted by molar-refractivity contribution is -0.138. The molecule has 1 aromatic rings. The second kappa shape index (κ2) is 5.16. The van der Waals surface area contributed by atoms with E-state index in [1.165, 1.54) is 25.1 Å². The normalized spacial score (nSPS) is 12.7. The van der Waals surface area contributed by atoms with E-state index < -0.39 is 22.0 Å². The number of sulfonamides is 1. The minimum Gasteiger partial charge on any atom is -0.480 e. The fraction of sp³-hybridized carbons (Fsp3) is 0.273. The maximum absolute atomic E-state index is 11.9. The number of hydrogen-bond acceptors (Lipinski definition) is 4. The average molecular weight is 268 g/mol. The number of aliphatic carboxylic acids is 1. The average Bonchev–Trinajstić information content (AvgIpc) is 2.27. The van der Waals surface area contributed by atoms with E-state index in [0.29, 0.717) is 11.1 Å². The fourth-order valence-corrected chi connectivity index (χ4v) is 2.79. The summed E-state index contributed by atoms with van der Waals surface area (Å²) in [5.74, 6) is -1.26. The summed E-state index contributed by atoms with van der Waals surface area (Å²) in [7, 11) is -3.90. The van der Waals surface area contributed by atoms with Crippen LogP contribution in [-0.4, -0.2) is 25.5 Å². The molecule has 18 heavy (non-hydrogen) atoms. The Morgan fingerprint density at radius 2 is 2.11 bits per heavy atom. The molecule has 7 heteroatoms. The Labute approximate surface area is 105 Å². The molecule has 0 aliphatic carbocycles. The van der Waals surface area contributed by atoms with Gasteiger partial charge in [-0.1, -0.05) is 0 Å². The first-order valence-electron chi connectivity index (χ1n) is 5.04. The Hall–Kier alpha value is -1.91. The van der Waals surface area contributed by atoms with Crippen molar-refractivity contribution in [1.29, 1.82) is 5.26 Å². The zero-order valence-electron chi connectivity index (χ0n) is 9.84. The van der Waals surface area contributed by atoms with Gasteiger partial charge in [-0.05, 0) is 37.6 Å². The van der Waals surface area contributed by atoms with Crippen molar-refractivity contribution in [2.45, 2.75) is 24.8 Å².